The third-order valence-corrected chi connectivity index (χ3v) is 9.77. The highest BCUT2D eigenvalue weighted by atomic mass is 32.1. The highest BCUT2D eigenvalue weighted by Crippen LogP contribution is 2.40. The fourth-order valence-electron chi connectivity index (χ4n) is 6.75. The lowest BCUT2D eigenvalue weighted by Gasteiger charge is -2.32. The van der Waals surface area contributed by atoms with Crippen molar-refractivity contribution < 1.29 is 14.2 Å². The summed E-state index contributed by atoms with van der Waals surface area (Å²) < 4.78 is 23.4. The number of benzene rings is 1. The number of nitrogens with two attached hydrogens (primary N) is 1. The van der Waals surface area contributed by atoms with Crippen LogP contribution < -0.4 is 15.4 Å². The number of nitriles is 1. The SMILES string of the molecule is N#Cc1c(N)sc2c(F)ccc(Cn3cnc4c(OCC56CCCN5CCC6)nc(N5CCCC(O)C5)nc43)c12. The molecule has 1 atom stereocenters. The zero-order chi connectivity index (χ0) is 27.4. The molecule has 3 fully saturated rings. The second-order valence-corrected chi connectivity index (χ2v) is 12.2. The Morgan fingerprint density at radius 1 is 1.20 bits per heavy atom. The number of aliphatic hydroxyl groups is 1. The first kappa shape index (κ1) is 25.4. The third kappa shape index (κ3) is 4.15. The van der Waals surface area contributed by atoms with Crippen LogP contribution in [0.4, 0.5) is 15.3 Å². The predicted molar refractivity (Wildman–Crippen MR) is 151 cm³/mol. The van der Waals surface area contributed by atoms with Gasteiger partial charge in [0.1, 0.15) is 23.5 Å². The molecule has 3 N–H and O–H groups in total. The van der Waals surface area contributed by atoms with E-state index in [0.29, 0.717) is 57.8 Å². The average Bonchev–Trinajstić information content (AvgIpc) is 3.71. The molecule has 6 heterocycles. The number of aromatic nitrogens is 4. The lowest BCUT2D eigenvalue weighted by molar-refractivity contribution is 0.111. The number of hydrogen-bond acceptors (Lipinski definition) is 10. The zero-order valence-electron chi connectivity index (χ0n) is 22.1. The minimum Gasteiger partial charge on any atom is -0.474 e. The molecule has 40 heavy (non-hydrogen) atoms. The molecular weight excluding hydrogens is 531 g/mol. The quantitative estimate of drug-likeness (QED) is 0.362. The third-order valence-electron chi connectivity index (χ3n) is 8.75. The molecule has 3 saturated heterocycles. The van der Waals surface area contributed by atoms with Crippen LogP contribution in [0, 0.1) is 17.1 Å². The van der Waals surface area contributed by atoms with Crippen LogP contribution in [-0.2, 0) is 6.54 Å². The molecule has 0 amide bonds. The molecule has 0 spiro atoms. The Hall–Kier alpha value is -3.53. The molecule has 3 aromatic heterocycles. The minimum absolute atomic E-state index is 0.0492. The van der Waals surface area contributed by atoms with E-state index in [1.54, 1.807) is 12.4 Å². The van der Waals surface area contributed by atoms with Crippen LogP contribution in [0.5, 0.6) is 5.88 Å². The smallest absolute Gasteiger partial charge is 0.247 e. The molecule has 7 rings (SSSR count). The first-order valence-electron chi connectivity index (χ1n) is 13.9. The minimum atomic E-state index is -0.437. The number of nitrogens with zero attached hydrogens (tertiary/aromatic N) is 7. The lowest BCUT2D eigenvalue weighted by atomic mass is 9.95. The molecule has 4 aromatic rings. The van der Waals surface area contributed by atoms with Gasteiger partial charge in [-0.3, -0.25) is 4.90 Å². The van der Waals surface area contributed by atoms with Crippen molar-refractivity contribution in [2.24, 2.45) is 0 Å². The molecular formula is C28H31FN8O2S. The second kappa shape index (κ2) is 9.83. The van der Waals surface area contributed by atoms with Gasteiger partial charge in [-0.05, 0) is 63.2 Å². The monoisotopic (exact) mass is 562 g/mol. The molecule has 0 saturated carbocycles. The van der Waals surface area contributed by atoms with Gasteiger partial charge in [-0.1, -0.05) is 6.07 Å². The van der Waals surface area contributed by atoms with Crippen LogP contribution in [0.2, 0.25) is 0 Å². The number of β-amino-alcohol motifs (C(OH)–C–C–N with tert-alkyl or cyclic N) is 1. The Morgan fingerprint density at radius 3 is 2.80 bits per heavy atom. The van der Waals surface area contributed by atoms with Crippen molar-refractivity contribution in [3.8, 4) is 11.9 Å². The summed E-state index contributed by atoms with van der Waals surface area (Å²) in [5.74, 6) is 0.536. The fourth-order valence-corrected chi connectivity index (χ4v) is 7.72. The molecule has 3 aliphatic rings. The fraction of sp³-hybridized carbons (Fsp3) is 0.500. The van der Waals surface area contributed by atoms with Gasteiger partial charge in [-0.2, -0.15) is 15.2 Å². The number of hydrogen-bond donors (Lipinski definition) is 2. The second-order valence-electron chi connectivity index (χ2n) is 11.2. The van der Waals surface area contributed by atoms with E-state index >= 15 is 0 Å². The van der Waals surface area contributed by atoms with Gasteiger partial charge in [0.05, 0.1) is 34.8 Å². The van der Waals surface area contributed by atoms with Gasteiger partial charge in [0, 0.05) is 18.5 Å². The summed E-state index contributed by atoms with van der Waals surface area (Å²) in [6, 6.07) is 5.24. The molecule has 0 bridgehead atoms. The predicted octanol–water partition coefficient (Wildman–Crippen LogP) is 3.65. The normalized spacial score (nSPS) is 20.8. The summed E-state index contributed by atoms with van der Waals surface area (Å²) in [4.78, 5) is 18.9. The van der Waals surface area contributed by atoms with Gasteiger partial charge >= 0.3 is 0 Å². The summed E-state index contributed by atoms with van der Waals surface area (Å²) in [6.45, 7) is 4.28. The van der Waals surface area contributed by atoms with E-state index in [1.807, 2.05) is 9.47 Å². The average molecular weight is 563 g/mol. The first-order chi connectivity index (χ1) is 19.5. The van der Waals surface area contributed by atoms with E-state index in [-0.39, 0.29) is 11.1 Å². The van der Waals surface area contributed by atoms with Crippen LogP contribution in [0.3, 0.4) is 0 Å². The number of piperidine rings is 1. The number of halogens is 1. The van der Waals surface area contributed by atoms with Crippen LogP contribution in [0.25, 0.3) is 21.3 Å². The van der Waals surface area contributed by atoms with Crippen molar-refractivity contribution in [1.82, 2.24) is 24.4 Å². The van der Waals surface area contributed by atoms with Gasteiger partial charge in [-0.25, -0.2) is 9.37 Å². The van der Waals surface area contributed by atoms with Crippen molar-refractivity contribution in [3.05, 3.63) is 35.4 Å². The van der Waals surface area contributed by atoms with Crippen molar-refractivity contribution in [2.75, 3.05) is 43.4 Å². The zero-order valence-corrected chi connectivity index (χ0v) is 23.0. The standard InChI is InChI=1S/C28H31FN8O2S/c29-20-6-5-17(21-19(12-30)24(31)40-23(20)21)13-36-16-32-22-25(36)33-27(35-9-1-4-18(38)14-35)34-26(22)39-15-28-7-2-10-37(28)11-3-8-28/h5-6,16,18,38H,1-4,7-11,13-15,31H2. The molecule has 0 radical (unpaired) electrons. The number of thiophene rings is 1. The Labute approximate surface area is 234 Å². The number of anilines is 2. The van der Waals surface area contributed by atoms with Crippen molar-refractivity contribution in [2.45, 2.75) is 56.7 Å². The highest BCUT2D eigenvalue weighted by Gasteiger charge is 2.45. The molecule has 12 heteroatoms. The Kier molecular flexibility index (Phi) is 6.25. The number of imidazole rings is 1. The van der Waals surface area contributed by atoms with E-state index in [0.717, 1.165) is 62.2 Å². The van der Waals surface area contributed by atoms with Gasteiger partial charge in [-0.15, -0.1) is 11.3 Å². The summed E-state index contributed by atoms with van der Waals surface area (Å²) in [6.07, 6.45) is 7.44. The van der Waals surface area contributed by atoms with E-state index in [1.165, 1.54) is 18.9 Å². The van der Waals surface area contributed by atoms with Crippen molar-refractivity contribution in [3.63, 3.8) is 0 Å². The molecule has 1 aromatic carbocycles. The first-order valence-corrected chi connectivity index (χ1v) is 14.7. The molecule has 0 aliphatic carbocycles. The summed E-state index contributed by atoms with van der Waals surface area (Å²) in [7, 11) is 0. The molecule has 208 valence electrons. The van der Waals surface area contributed by atoms with E-state index < -0.39 is 11.9 Å². The van der Waals surface area contributed by atoms with Crippen LogP contribution in [0.15, 0.2) is 18.5 Å². The largest absolute Gasteiger partial charge is 0.474 e. The van der Waals surface area contributed by atoms with E-state index in [4.69, 9.17) is 20.4 Å². The van der Waals surface area contributed by atoms with Crippen LogP contribution in [-0.4, -0.2) is 74.0 Å². The molecule has 3 aliphatic heterocycles. The summed E-state index contributed by atoms with van der Waals surface area (Å²) in [5.41, 5.74) is 8.30. The maximum absolute atomic E-state index is 14.6. The van der Waals surface area contributed by atoms with Gasteiger partial charge < -0.3 is 25.0 Å². The molecule has 10 nitrogen and oxygen atoms in total. The highest BCUT2D eigenvalue weighted by molar-refractivity contribution is 7.23. The van der Waals surface area contributed by atoms with Gasteiger partial charge in [0.2, 0.25) is 11.8 Å². The number of fused-ring (bicyclic) bond motifs is 3. The Balaban J connectivity index is 1.30. The van der Waals surface area contributed by atoms with E-state index in [2.05, 4.69) is 16.0 Å². The molecule has 1 unspecified atom stereocenters. The summed E-state index contributed by atoms with van der Waals surface area (Å²) in [5, 5.41) is 20.9. The van der Waals surface area contributed by atoms with Crippen LogP contribution >= 0.6 is 11.3 Å². The topological polar surface area (TPSA) is 129 Å². The van der Waals surface area contributed by atoms with Gasteiger partial charge in [0.15, 0.2) is 11.2 Å². The van der Waals surface area contributed by atoms with Gasteiger partial charge in [0.25, 0.3) is 0 Å². The maximum Gasteiger partial charge on any atom is 0.247 e. The van der Waals surface area contributed by atoms with Crippen LogP contribution in [0.1, 0.15) is 49.7 Å². The Morgan fingerprint density at radius 2 is 2.02 bits per heavy atom. The number of aliphatic hydroxyl groups excluding tert-OH is 1. The van der Waals surface area contributed by atoms with Crippen molar-refractivity contribution in [1.29, 1.82) is 5.26 Å². The van der Waals surface area contributed by atoms with Crippen molar-refractivity contribution >= 4 is 43.5 Å². The summed E-state index contributed by atoms with van der Waals surface area (Å²) >= 11 is 1.09. The maximum atomic E-state index is 14.6. The van der Waals surface area contributed by atoms with E-state index in [9.17, 15) is 14.8 Å². The number of nitrogen functional groups attached to an aromatic ring is 1. The number of ether oxygens (including phenoxy) is 1. The number of rotatable bonds is 6. The Bertz CT molecular complexity index is 1640. The lowest BCUT2D eigenvalue weighted by Crippen LogP contribution is -2.43.